The van der Waals surface area contributed by atoms with Crippen molar-refractivity contribution in [3.05, 3.63) is 65.6 Å². The first-order valence-electron chi connectivity index (χ1n) is 9.09. The second kappa shape index (κ2) is 7.09. The van der Waals surface area contributed by atoms with Gasteiger partial charge in [0, 0.05) is 61.1 Å². The molecule has 2 heterocycles. The third kappa shape index (κ3) is 3.45. The number of aromatic nitrogens is 1. The Morgan fingerprint density at radius 1 is 1.08 bits per heavy atom. The number of fused-ring (bicyclic) bond motifs is 1. The first kappa shape index (κ1) is 17.1. The molecule has 1 saturated heterocycles. The van der Waals surface area contributed by atoms with E-state index in [1.54, 1.807) is 0 Å². The number of piperazine rings is 1. The minimum absolute atomic E-state index is 0.204. The molecule has 1 aromatic heterocycles. The number of benzene rings is 2. The molecule has 1 aliphatic heterocycles. The molecule has 0 radical (unpaired) electrons. The fourth-order valence-corrected chi connectivity index (χ4v) is 3.72. The zero-order valence-corrected chi connectivity index (χ0v) is 15.0. The van der Waals surface area contributed by atoms with Gasteiger partial charge in [-0.3, -0.25) is 4.90 Å². The predicted octanol–water partition coefficient (Wildman–Crippen LogP) is 3.47. The number of aliphatic hydroxyl groups is 1. The molecule has 1 unspecified atom stereocenters. The van der Waals surface area contributed by atoms with Crippen molar-refractivity contribution >= 4 is 16.6 Å². The van der Waals surface area contributed by atoms with Gasteiger partial charge < -0.3 is 15.0 Å². The molecule has 1 fully saturated rings. The van der Waals surface area contributed by atoms with E-state index in [-0.39, 0.29) is 5.82 Å². The molecule has 2 aromatic carbocycles. The lowest BCUT2D eigenvalue weighted by Crippen LogP contribution is -2.47. The standard InChI is InChI=1S/C21H24FN3O/c1-15-2-7-20-18(12-15)19(13-23-20)21(26)14-24-8-10-25(11-9-24)17-5-3-16(22)4-6-17/h2-7,12-13,21,23,26H,8-11,14H2,1H3. The minimum atomic E-state index is -0.511. The smallest absolute Gasteiger partial charge is 0.123 e. The summed E-state index contributed by atoms with van der Waals surface area (Å²) in [6.07, 6.45) is 1.41. The van der Waals surface area contributed by atoms with Crippen molar-refractivity contribution in [1.82, 2.24) is 9.88 Å². The van der Waals surface area contributed by atoms with Crippen LogP contribution in [0.1, 0.15) is 17.2 Å². The van der Waals surface area contributed by atoms with Gasteiger partial charge in [-0.25, -0.2) is 4.39 Å². The van der Waals surface area contributed by atoms with E-state index in [2.05, 4.69) is 39.9 Å². The number of aryl methyl sites for hydroxylation is 1. The Kier molecular flexibility index (Phi) is 4.66. The van der Waals surface area contributed by atoms with E-state index < -0.39 is 6.10 Å². The van der Waals surface area contributed by atoms with Crippen molar-refractivity contribution in [3.63, 3.8) is 0 Å². The number of halogens is 1. The number of anilines is 1. The second-order valence-corrected chi connectivity index (χ2v) is 7.07. The zero-order chi connectivity index (χ0) is 18.1. The van der Waals surface area contributed by atoms with Crippen LogP contribution in [0, 0.1) is 12.7 Å². The monoisotopic (exact) mass is 353 g/mol. The fourth-order valence-electron chi connectivity index (χ4n) is 3.72. The van der Waals surface area contributed by atoms with Gasteiger partial charge in [-0.2, -0.15) is 0 Å². The van der Waals surface area contributed by atoms with Gasteiger partial charge >= 0.3 is 0 Å². The molecular formula is C21H24FN3O. The summed E-state index contributed by atoms with van der Waals surface area (Å²) < 4.78 is 13.1. The highest BCUT2D eigenvalue weighted by atomic mass is 19.1. The number of hydrogen-bond acceptors (Lipinski definition) is 3. The van der Waals surface area contributed by atoms with Crippen LogP contribution in [0.25, 0.3) is 10.9 Å². The van der Waals surface area contributed by atoms with Crippen molar-refractivity contribution < 1.29 is 9.50 Å². The van der Waals surface area contributed by atoms with E-state index in [1.165, 1.54) is 17.7 Å². The molecule has 0 amide bonds. The molecule has 1 aliphatic rings. The average molecular weight is 353 g/mol. The highest BCUT2D eigenvalue weighted by Crippen LogP contribution is 2.26. The lowest BCUT2D eigenvalue weighted by molar-refractivity contribution is 0.110. The molecule has 1 atom stereocenters. The van der Waals surface area contributed by atoms with Crippen LogP contribution < -0.4 is 4.90 Å². The van der Waals surface area contributed by atoms with Crippen molar-refractivity contribution in [3.8, 4) is 0 Å². The van der Waals surface area contributed by atoms with Gasteiger partial charge in [-0.05, 0) is 43.3 Å². The number of β-amino-alcohol motifs (C(OH)–C–C–N with tert-alkyl or cyclic N) is 1. The van der Waals surface area contributed by atoms with E-state index in [1.807, 2.05) is 18.3 Å². The van der Waals surface area contributed by atoms with Gasteiger partial charge in [0.1, 0.15) is 5.82 Å². The molecule has 3 aromatic rings. The minimum Gasteiger partial charge on any atom is -0.387 e. The van der Waals surface area contributed by atoms with Crippen molar-refractivity contribution in [2.24, 2.45) is 0 Å². The van der Waals surface area contributed by atoms with E-state index >= 15 is 0 Å². The molecule has 26 heavy (non-hydrogen) atoms. The zero-order valence-electron chi connectivity index (χ0n) is 15.0. The first-order chi connectivity index (χ1) is 12.6. The number of aromatic amines is 1. The van der Waals surface area contributed by atoms with Gasteiger partial charge in [0.15, 0.2) is 0 Å². The lowest BCUT2D eigenvalue weighted by atomic mass is 10.1. The van der Waals surface area contributed by atoms with Crippen LogP contribution in [-0.4, -0.2) is 47.7 Å². The van der Waals surface area contributed by atoms with Crippen LogP contribution in [0.5, 0.6) is 0 Å². The highest BCUT2D eigenvalue weighted by molar-refractivity contribution is 5.84. The van der Waals surface area contributed by atoms with Gasteiger partial charge in [-0.1, -0.05) is 11.6 Å². The largest absolute Gasteiger partial charge is 0.387 e. The predicted molar refractivity (Wildman–Crippen MR) is 103 cm³/mol. The van der Waals surface area contributed by atoms with Gasteiger partial charge in [0.2, 0.25) is 0 Å². The van der Waals surface area contributed by atoms with Gasteiger partial charge in [0.05, 0.1) is 6.10 Å². The average Bonchev–Trinajstić information content (AvgIpc) is 3.06. The number of aliphatic hydroxyl groups excluding tert-OH is 1. The van der Waals surface area contributed by atoms with Crippen molar-refractivity contribution in [2.75, 3.05) is 37.6 Å². The molecule has 4 nitrogen and oxygen atoms in total. The molecular weight excluding hydrogens is 329 g/mol. The number of nitrogens with one attached hydrogen (secondary N) is 1. The van der Waals surface area contributed by atoms with Crippen LogP contribution in [0.3, 0.4) is 0 Å². The summed E-state index contributed by atoms with van der Waals surface area (Å²) in [6, 6.07) is 12.9. The second-order valence-electron chi connectivity index (χ2n) is 7.07. The molecule has 0 spiro atoms. The summed E-state index contributed by atoms with van der Waals surface area (Å²) in [5.74, 6) is -0.204. The molecule has 2 N–H and O–H groups in total. The summed E-state index contributed by atoms with van der Waals surface area (Å²) >= 11 is 0. The Labute approximate surface area is 152 Å². The quantitative estimate of drug-likeness (QED) is 0.755. The van der Waals surface area contributed by atoms with E-state index in [0.717, 1.165) is 48.3 Å². The van der Waals surface area contributed by atoms with Gasteiger partial charge in [0.25, 0.3) is 0 Å². The van der Waals surface area contributed by atoms with Crippen LogP contribution in [0.4, 0.5) is 10.1 Å². The third-order valence-corrected chi connectivity index (χ3v) is 5.22. The number of rotatable bonds is 4. The molecule has 4 rings (SSSR count). The summed E-state index contributed by atoms with van der Waals surface area (Å²) in [4.78, 5) is 7.80. The molecule has 136 valence electrons. The molecule has 0 aliphatic carbocycles. The summed E-state index contributed by atoms with van der Waals surface area (Å²) in [5, 5.41) is 11.8. The molecule has 5 heteroatoms. The fraction of sp³-hybridized carbons (Fsp3) is 0.333. The maximum Gasteiger partial charge on any atom is 0.123 e. The third-order valence-electron chi connectivity index (χ3n) is 5.22. The van der Waals surface area contributed by atoms with Gasteiger partial charge in [-0.15, -0.1) is 0 Å². The first-order valence-corrected chi connectivity index (χ1v) is 9.09. The Bertz CT molecular complexity index is 882. The Balaban J connectivity index is 1.39. The summed E-state index contributed by atoms with van der Waals surface area (Å²) in [7, 11) is 0. The van der Waals surface area contributed by atoms with Crippen LogP contribution in [0.15, 0.2) is 48.7 Å². The van der Waals surface area contributed by atoms with Crippen LogP contribution >= 0.6 is 0 Å². The van der Waals surface area contributed by atoms with E-state index in [9.17, 15) is 9.50 Å². The van der Waals surface area contributed by atoms with Crippen LogP contribution in [0.2, 0.25) is 0 Å². The van der Waals surface area contributed by atoms with E-state index in [4.69, 9.17) is 0 Å². The van der Waals surface area contributed by atoms with Crippen LogP contribution in [-0.2, 0) is 0 Å². The maximum absolute atomic E-state index is 13.1. The highest BCUT2D eigenvalue weighted by Gasteiger charge is 2.21. The topological polar surface area (TPSA) is 42.5 Å². The summed E-state index contributed by atoms with van der Waals surface area (Å²) in [6.45, 7) is 6.22. The normalized spacial score (nSPS) is 17.0. The molecule has 0 bridgehead atoms. The number of hydrogen-bond donors (Lipinski definition) is 2. The van der Waals surface area contributed by atoms with E-state index in [0.29, 0.717) is 6.54 Å². The maximum atomic E-state index is 13.1. The summed E-state index contributed by atoms with van der Waals surface area (Å²) in [5.41, 5.74) is 4.27. The molecule has 0 saturated carbocycles. The Morgan fingerprint density at radius 2 is 1.81 bits per heavy atom. The number of nitrogens with zero attached hydrogens (tertiary/aromatic N) is 2. The lowest BCUT2D eigenvalue weighted by Gasteiger charge is -2.36. The number of H-pyrrole nitrogens is 1. The Morgan fingerprint density at radius 3 is 2.54 bits per heavy atom. The SMILES string of the molecule is Cc1ccc2[nH]cc(C(O)CN3CCN(c4ccc(F)cc4)CC3)c2c1. The van der Waals surface area contributed by atoms with Crippen molar-refractivity contribution in [2.45, 2.75) is 13.0 Å². The van der Waals surface area contributed by atoms with Crippen molar-refractivity contribution in [1.29, 1.82) is 0 Å². The Hall–Kier alpha value is -2.37.